The Morgan fingerprint density at radius 2 is 1.38 bits per heavy atom. The van der Waals surface area contributed by atoms with Gasteiger partial charge in [0.1, 0.15) is 0 Å². The number of likely N-dealkylation sites (N-methyl/N-ethyl adjacent to an activating group) is 1. The van der Waals surface area contributed by atoms with Gasteiger partial charge in [-0.1, -0.05) is 0 Å². The number of nitriles is 1. The van der Waals surface area contributed by atoms with Crippen molar-refractivity contribution >= 4 is 0 Å². The molecule has 3 heterocycles. The average Bonchev–Trinajstić information content (AvgIpc) is 2.50. The SMILES string of the molecule is CN1CCCN2CCN(CCCN(CCC#N)CC1)CC2. The minimum absolute atomic E-state index is 0.655. The van der Waals surface area contributed by atoms with E-state index in [1.54, 1.807) is 0 Å². The van der Waals surface area contributed by atoms with E-state index in [2.05, 4.69) is 32.7 Å². The van der Waals surface area contributed by atoms with Crippen molar-refractivity contribution in [3.05, 3.63) is 0 Å². The van der Waals surface area contributed by atoms with Crippen LogP contribution in [0, 0.1) is 11.3 Å². The Kier molecular flexibility index (Phi) is 7.45. The fourth-order valence-electron chi connectivity index (χ4n) is 3.29. The zero-order valence-electron chi connectivity index (χ0n) is 13.6. The van der Waals surface area contributed by atoms with Crippen LogP contribution in [0.2, 0.25) is 0 Å². The van der Waals surface area contributed by atoms with E-state index in [0.29, 0.717) is 6.42 Å². The molecule has 0 saturated carbocycles. The zero-order valence-corrected chi connectivity index (χ0v) is 13.6. The molecule has 0 aromatic rings. The highest BCUT2D eigenvalue weighted by Crippen LogP contribution is 2.06. The van der Waals surface area contributed by atoms with Gasteiger partial charge >= 0.3 is 0 Å². The summed E-state index contributed by atoms with van der Waals surface area (Å²) in [6.07, 6.45) is 3.16. The largest absolute Gasteiger partial charge is 0.305 e. The van der Waals surface area contributed by atoms with Crippen LogP contribution in [0.1, 0.15) is 19.3 Å². The topological polar surface area (TPSA) is 36.8 Å². The first-order valence-corrected chi connectivity index (χ1v) is 8.50. The van der Waals surface area contributed by atoms with Gasteiger partial charge in [-0.15, -0.1) is 0 Å². The molecule has 3 fully saturated rings. The van der Waals surface area contributed by atoms with Crippen molar-refractivity contribution in [2.24, 2.45) is 0 Å². The van der Waals surface area contributed by atoms with Crippen LogP contribution in [0.4, 0.5) is 0 Å². The van der Waals surface area contributed by atoms with E-state index in [0.717, 1.165) is 26.2 Å². The number of nitrogens with zero attached hydrogens (tertiary/aromatic N) is 5. The first kappa shape index (κ1) is 16.7. The molecule has 3 aliphatic rings. The third-order valence-corrected chi connectivity index (χ3v) is 4.77. The molecule has 0 radical (unpaired) electrons. The van der Waals surface area contributed by atoms with Crippen molar-refractivity contribution in [3.8, 4) is 6.07 Å². The lowest BCUT2D eigenvalue weighted by Crippen LogP contribution is -2.48. The Bertz CT molecular complexity index is 319. The predicted molar refractivity (Wildman–Crippen MR) is 86.3 cm³/mol. The summed E-state index contributed by atoms with van der Waals surface area (Å²) >= 11 is 0. The minimum atomic E-state index is 0.655. The summed E-state index contributed by atoms with van der Waals surface area (Å²) in [7, 11) is 2.23. The molecule has 5 heteroatoms. The molecule has 0 amide bonds. The summed E-state index contributed by atoms with van der Waals surface area (Å²) in [6, 6.07) is 2.29. The second kappa shape index (κ2) is 9.37. The summed E-state index contributed by atoms with van der Waals surface area (Å²) in [4.78, 5) is 10.1. The quantitative estimate of drug-likeness (QED) is 0.743. The average molecular weight is 293 g/mol. The monoisotopic (exact) mass is 293 g/mol. The van der Waals surface area contributed by atoms with E-state index < -0.39 is 0 Å². The van der Waals surface area contributed by atoms with Gasteiger partial charge in [-0.2, -0.15) is 5.26 Å². The van der Waals surface area contributed by atoms with Crippen molar-refractivity contribution in [1.29, 1.82) is 5.26 Å². The molecule has 3 aliphatic heterocycles. The highest BCUT2D eigenvalue weighted by molar-refractivity contribution is 4.76. The number of piperazine rings is 1. The number of fused-ring (bicyclic) bond motifs is 11. The van der Waals surface area contributed by atoms with E-state index in [4.69, 9.17) is 5.26 Å². The number of hydrogen-bond donors (Lipinski definition) is 0. The van der Waals surface area contributed by atoms with Gasteiger partial charge in [0.2, 0.25) is 0 Å². The molecule has 0 atom stereocenters. The lowest BCUT2D eigenvalue weighted by molar-refractivity contribution is 0.117. The van der Waals surface area contributed by atoms with Gasteiger partial charge in [-0.05, 0) is 46.1 Å². The smallest absolute Gasteiger partial charge is 0.0635 e. The van der Waals surface area contributed by atoms with Gasteiger partial charge < -0.3 is 19.6 Å². The standard InChI is InChI=1S/C16H31N5/c1-18-6-3-8-20-13-15-21(16-14-20)10-4-9-19(12-11-18)7-2-5-17/h2-4,6-16H2,1H3. The highest BCUT2D eigenvalue weighted by Gasteiger charge is 2.17. The van der Waals surface area contributed by atoms with Gasteiger partial charge in [0.25, 0.3) is 0 Å². The second-order valence-electron chi connectivity index (χ2n) is 6.44. The van der Waals surface area contributed by atoms with Crippen LogP contribution < -0.4 is 0 Å². The summed E-state index contributed by atoms with van der Waals surface area (Å²) in [5, 5.41) is 8.81. The van der Waals surface area contributed by atoms with Crippen molar-refractivity contribution in [2.45, 2.75) is 19.3 Å². The maximum absolute atomic E-state index is 8.81. The van der Waals surface area contributed by atoms with E-state index in [9.17, 15) is 0 Å². The molecule has 0 unspecified atom stereocenters. The van der Waals surface area contributed by atoms with Crippen LogP contribution in [-0.2, 0) is 0 Å². The normalized spacial score (nSPS) is 30.7. The van der Waals surface area contributed by atoms with Gasteiger partial charge in [-0.25, -0.2) is 0 Å². The van der Waals surface area contributed by atoms with Crippen LogP contribution >= 0.6 is 0 Å². The molecular weight excluding hydrogens is 262 g/mol. The first-order chi connectivity index (χ1) is 10.3. The maximum atomic E-state index is 8.81. The summed E-state index contributed by atoms with van der Waals surface area (Å²) in [5.74, 6) is 0. The molecule has 0 aromatic carbocycles. The van der Waals surface area contributed by atoms with Gasteiger partial charge in [0, 0.05) is 52.2 Å². The molecular formula is C16H31N5. The molecule has 21 heavy (non-hydrogen) atoms. The van der Waals surface area contributed by atoms with Crippen LogP contribution in [0.15, 0.2) is 0 Å². The first-order valence-electron chi connectivity index (χ1n) is 8.50. The molecule has 0 N–H and O–H groups in total. The summed E-state index contributed by atoms with van der Waals surface area (Å²) < 4.78 is 0. The zero-order chi connectivity index (χ0) is 14.9. The van der Waals surface area contributed by atoms with Crippen molar-refractivity contribution in [3.63, 3.8) is 0 Å². The molecule has 3 rings (SSSR count). The Balaban J connectivity index is 1.84. The van der Waals surface area contributed by atoms with Gasteiger partial charge in [-0.3, -0.25) is 0 Å². The van der Waals surface area contributed by atoms with Crippen LogP contribution in [-0.4, -0.2) is 98.6 Å². The molecule has 2 bridgehead atoms. The van der Waals surface area contributed by atoms with Crippen LogP contribution in [0.3, 0.4) is 0 Å². The molecule has 3 saturated heterocycles. The fourth-order valence-corrected chi connectivity index (χ4v) is 3.29. The summed E-state index contributed by atoms with van der Waals surface area (Å²) in [5.41, 5.74) is 0. The maximum Gasteiger partial charge on any atom is 0.0635 e. The van der Waals surface area contributed by atoms with Crippen molar-refractivity contribution in [1.82, 2.24) is 19.6 Å². The Hall–Kier alpha value is -0.670. The lowest BCUT2D eigenvalue weighted by atomic mass is 10.2. The van der Waals surface area contributed by atoms with Gasteiger partial charge in [0.15, 0.2) is 0 Å². The highest BCUT2D eigenvalue weighted by atomic mass is 15.3. The van der Waals surface area contributed by atoms with Crippen LogP contribution in [0.5, 0.6) is 0 Å². The molecule has 0 aromatic heterocycles. The fraction of sp³-hybridized carbons (Fsp3) is 0.938. The molecule has 5 nitrogen and oxygen atoms in total. The van der Waals surface area contributed by atoms with E-state index >= 15 is 0 Å². The number of rotatable bonds is 2. The van der Waals surface area contributed by atoms with E-state index in [1.165, 1.54) is 58.7 Å². The third kappa shape index (κ3) is 6.31. The summed E-state index contributed by atoms with van der Waals surface area (Å²) in [6.45, 7) is 12.9. The van der Waals surface area contributed by atoms with Crippen molar-refractivity contribution in [2.75, 3.05) is 79.0 Å². The second-order valence-corrected chi connectivity index (χ2v) is 6.44. The van der Waals surface area contributed by atoms with Gasteiger partial charge in [0.05, 0.1) is 6.07 Å². The molecule has 0 aliphatic carbocycles. The number of hydrogen-bond acceptors (Lipinski definition) is 5. The third-order valence-electron chi connectivity index (χ3n) is 4.77. The minimum Gasteiger partial charge on any atom is -0.305 e. The Labute approximate surface area is 130 Å². The molecule has 120 valence electrons. The van der Waals surface area contributed by atoms with Crippen molar-refractivity contribution < 1.29 is 0 Å². The predicted octanol–water partition coefficient (Wildman–Crippen LogP) is 0.545. The van der Waals surface area contributed by atoms with E-state index in [-0.39, 0.29) is 0 Å². The Morgan fingerprint density at radius 3 is 2.00 bits per heavy atom. The molecule has 0 spiro atoms. The van der Waals surface area contributed by atoms with Crippen LogP contribution in [0.25, 0.3) is 0 Å². The lowest BCUT2D eigenvalue weighted by Gasteiger charge is -2.36. The Morgan fingerprint density at radius 1 is 0.762 bits per heavy atom. The van der Waals surface area contributed by atoms with E-state index in [1.807, 2.05) is 0 Å².